The van der Waals surface area contributed by atoms with Crippen molar-refractivity contribution in [3.8, 4) is 5.88 Å². The zero-order valence-corrected chi connectivity index (χ0v) is 8.68. The summed E-state index contributed by atoms with van der Waals surface area (Å²) >= 11 is 0. The van der Waals surface area contributed by atoms with Gasteiger partial charge < -0.3 is 10.5 Å². The van der Waals surface area contributed by atoms with Crippen molar-refractivity contribution in [1.82, 2.24) is 14.6 Å². The van der Waals surface area contributed by atoms with Gasteiger partial charge in [-0.1, -0.05) is 0 Å². The van der Waals surface area contributed by atoms with E-state index in [2.05, 4.69) is 10.1 Å². The Hall–Kier alpha value is -1.62. The maximum Gasteiger partial charge on any atom is 0.231 e. The Morgan fingerprint density at radius 2 is 2.33 bits per heavy atom. The molecule has 2 rings (SSSR count). The van der Waals surface area contributed by atoms with E-state index in [1.165, 1.54) is 0 Å². The minimum Gasteiger partial charge on any atom is -0.480 e. The number of hydrogen-bond donors (Lipinski definition) is 1. The summed E-state index contributed by atoms with van der Waals surface area (Å²) in [5.41, 5.74) is 7.37. The van der Waals surface area contributed by atoms with Crippen molar-refractivity contribution in [3.63, 3.8) is 0 Å². The van der Waals surface area contributed by atoms with Gasteiger partial charge >= 0.3 is 0 Å². The number of imidazole rings is 1. The molecule has 2 aromatic heterocycles. The van der Waals surface area contributed by atoms with E-state index in [9.17, 15) is 0 Å². The zero-order chi connectivity index (χ0) is 10.7. The van der Waals surface area contributed by atoms with Gasteiger partial charge in [0.05, 0.1) is 19.0 Å². The first-order chi connectivity index (χ1) is 7.35. The lowest BCUT2D eigenvalue weighted by atomic mass is 10.2. The van der Waals surface area contributed by atoms with Gasteiger partial charge in [0, 0.05) is 6.07 Å². The minimum absolute atomic E-state index is 0.592. The first-order valence-corrected chi connectivity index (χ1v) is 4.93. The summed E-state index contributed by atoms with van der Waals surface area (Å²) in [5, 5.41) is 4.30. The molecule has 5 heteroatoms. The first kappa shape index (κ1) is 9.92. The molecule has 0 radical (unpaired) electrons. The SMILES string of the molecule is COc1ccc2ncc(CCCN)n2n1. The Morgan fingerprint density at radius 1 is 1.47 bits per heavy atom. The van der Waals surface area contributed by atoms with Crippen LogP contribution in [-0.2, 0) is 6.42 Å². The van der Waals surface area contributed by atoms with E-state index < -0.39 is 0 Å². The molecule has 0 aliphatic heterocycles. The van der Waals surface area contributed by atoms with Gasteiger partial charge in [-0.15, -0.1) is 5.10 Å². The topological polar surface area (TPSA) is 65.4 Å². The molecule has 0 amide bonds. The Labute approximate surface area is 87.9 Å². The van der Waals surface area contributed by atoms with Crippen LogP contribution in [0, 0.1) is 0 Å². The number of fused-ring (bicyclic) bond motifs is 1. The molecule has 0 aromatic carbocycles. The van der Waals surface area contributed by atoms with Crippen LogP contribution < -0.4 is 10.5 Å². The average Bonchev–Trinajstić information content (AvgIpc) is 2.68. The molecule has 2 heterocycles. The van der Waals surface area contributed by atoms with Gasteiger partial charge in [-0.3, -0.25) is 0 Å². The van der Waals surface area contributed by atoms with Crippen LogP contribution in [0.4, 0.5) is 0 Å². The van der Waals surface area contributed by atoms with Crippen LogP contribution in [0.1, 0.15) is 12.1 Å². The van der Waals surface area contributed by atoms with Crippen LogP contribution in [0.2, 0.25) is 0 Å². The van der Waals surface area contributed by atoms with E-state index in [-0.39, 0.29) is 0 Å². The van der Waals surface area contributed by atoms with Crippen LogP contribution >= 0.6 is 0 Å². The molecule has 80 valence electrons. The largest absolute Gasteiger partial charge is 0.480 e. The van der Waals surface area contributed by atoms with Gasteiger partial charge in [-0.25, -0.2) is 9.50 Å². The van der Waals surface area contributed by atoms with Gasteiger partial charge in [0.15, 0.2) is 5.65 Å². The highest BCUT2D eigenvalue weighted by Gasteiger charge is 2.04. The third kappa shape index (κ3) is 1.92. The molecule has 15 heavy (non-hydrogen) atoms. The molecule has 0 spiro atoms. The van der Waals surface area contributed by atoms with Crippen LogP contribution in [0.3, 0.4) is 0 Å². The summed E-state index contributed by atoms with van der Waals surface area (Å²) < 4.78 is 6.87. The number of aryl methyl sites for hydroxylation is 1. The molecule has 0 aliphatic rings. The van der Waals surface area contributed by atoms with Crippen molar-refractivity contribution < 1.29 is 4.74 Å². The van der Waals surface area contributed by atoms with Gasteiger partial charge in [0.25, 0.3) is 0 Å². The smallest absolute Gasteiger partial charge is 0.231 e. The third-order valence-corrected chi connectivity index (χ3v) is 2.25. The zero-order valence-electron chi connectivity index (χ0n) is 8.68. The predicted octanol–water partition coefficient (Wildman–Crippen LogP) is 0.629. The van der Waals surface area contributed by atoms with Crippen LogP contribution in [0.5, 0.6) is 5.88 Å². The van der Waals surface area contributed by atoms with Gasteiger partial charge in [-0.2, -0.15) is 0 Å². The number of nitrogens with two attached hydrogens (primary N) is 1. The Balaban J connectivity index is 2.38. The first-order valence-electron chi connectivity index (χ1n) is 4.93. The van der Waals surface area contributed by atoms with Gasteiger partial charge in [0.1, 0.15) is 0 Å². The number of methoxy groups -OCH3 is 1. The Morgan fingerprint density at radius 3 is 3.07 bits per heavy atom. The highest BCUT2D eigenvalue weighted by atomic mass is 16.5. The Bertz CT molecular complexity index is 452. The molecule has 0 unspecified atom stereocenters. The maximum absolute atomic E-state index is 5.47. The summed E-state index contributed by atoms with van der Waals surface area (Å²) in [5.74, 6) is 0.592. The van der Waals surface area contributed by atoms with Crippen LogP contribution in [0.25, 0.3) is 5.65 Å². The van der Waals surface area contributed by atoms with Gasteiger partial charge in [-0.05, 0) is 25.5 Å². The van der Waals surface area contributed by atoms with E-state index in [1.807, 2.05) is 12.3 Å². The molecule has 0 aliphatic carbocycles. The lowest BCUT2D eigenvalue weighted by Crippen LogP contribution is -2.04. The molecule has 0 atom stereocenters. The van der Waals surface area contributed by atoms with E-state index in [0.29, 0.717) is 12.4 Å². The summed E-state index contributed by atoms with van der Waals surface area (Å²) in [6.45, 7) is 0.678. The predicted molar refractivity (Wildman–Crippen MR) is 56.9 cm³/mol. The lowest BCUT2D eigenvalue weighted by molar-refractivity contribution is 0.389. The standard InChI is InChI=1S/C10H14N4O/c1-15-10-5-4-9-12-7-8(3-2-6-11)14(9)13-10/h4-5,7H,2-3,6,11H2,1H3. The van der Waals surface area contributed by atoms with Crippen LogP contribution in [-0.4, -0.2) is 28.3 Å². The normalized spacial score (nSPS) is 10.8. The van der Waals surface area contributed by atoms with E-state index in [0.717, 1.165) is 24.2 Å². The molecule has 0 saturated heterocycles. The summed E-state index contributed by atoms with van der Waals surface area (Å²) in [6, 6.07) is 3.69. The second-order valence-electron chi connectivity index (χ2n) is 3.29. The second kappa shape index (κ2) is 4.27. The number of rotatable bonds is 4. The fourth-order valence-corrected chi connectivity index (χ4v) is 1.47. The highest BCUT2D eigenvalue weighted by Crippen LogP contribution is 2.11. The molecule has 0 fully saturated rings. The van der Waals surface area contributed by atoms with Crippen molar-refractivity contribution in [3.05, 3.63) is 24.0 Å². The summed E-state index contributed by atoms with van der Waals surface area (Å²) in [7, 11) is 1.60. The van der Waals surface area contributed by atoms with Crippen molar-refractivity contribution in [2.45, 2.75) is 12.8 Å². The minimum atomic E-state index is 0.592. The fraction of sp³-hybridized carbons (Fsp3) is 0.400. The number of ether oxygens (including phenoxy) is 1. The highest BCUT2D eigenvalue weighted by molar-refractivity contribution is 5.39. The number of nitrogens with zero attached hydrogens (tertiary/aromatic N) is 3. The monoisotopic (exact) mass is 206 g/mol. The molecule has 2 aromatic rings. The average molecular weight is 206 g/mol. The summed E-state index contributed by atoms with van der Waals surface area (Å²) in [4.78, 5) is 4.25. The Kier molecular flexibility index (Phi) is 2.82. The summed E-state index contributed by atoms with van der Waals surface area (Å²) in [6.07, 6.45) is 3.65. The lowest BCUT2D eigenvalue weighted by Gasteiger charge is -2.01. The number of hydrogen-bond acceptors (Lipinski definition) is 4. The fourth-order valence-electron chi connectivity index (χ4n) is 1.47. The quantitative estimate of drug-likeness (QED) is 0.796. The molecule has 0 saturated carbocycles. The molecule has 5 nitrogen and oxygen atoms in total. The molecule has 0 bridgehead atoms. The molecular weight excluding hydrogens is 192 g/mol. The third-order valence-electron chi connectivity index (χ3n) is 2.25. The molecule has 2 N–H and O–H groups in total. The van der Waals surface area contributed by atoms with Crippen molar-refractivity contribution in [2.75, 3.05) is 13.7 Å². The molecular formula is C10H14N4O. The second-order valence-corrected chi connectivity index (χ2v) is 3.29. The van der Waals surface area contributed by atoms with Crippen molar-refractivity contribution in [1.29, 1.82) is 0 Å². The van der Waals surface area contributed by atoms with E-state index >= 15 is 0 Å². The number of aromatic nitrogens is 3. The van der Waals surface area contributed by atoms with Crippen molar-refractivity contribution >= 4 is 5.65 Å². The van der Waals surface area contributed by atoms with E-state index in [1.54, 1.807) is 17.7 Å². The van der Waals surface area contributed by atoms with E-state index in [4.69, 9.17) is 10.5 Å². The van der Waals surface area contributed by atoms with Crippen LogP contribution in [0.15, 0.2) is 18.3 Å². The maximum atomic E-state index is 5.47. The van der Waals surface area contributed by atoms with Crippen molar-refractivity contribution in [2.24, 2.45) is 5.73 Å². The van der Waals surface area contributed by atoms with Gasteiger partial charge in [0.2, 0.25) is 5.88 Å².